The number of rotatable bonds is 8. The summed E-state index contributed by atoms with van der Waals surface area (Å²) in [6.07, 6.45) is 7.36. The lowest BCUT2D eigenvalue weighted by atomic mass is 9.89. The van der Waals surface area contributed by atoms with Crippen molar-refractivity contribution in [3.63, 3.8) is 0 Å². The van der Waals surface area contributed by atoms with Gasteiger partial charge in [-0.2, -0.15) is 0 Å². The van der Waals surface area contributed by atoms with Crippen LogP contribution in [0.15, 0.2) is 36.4 Å². The zero-order valence-corrected chi connectivity index (χ0v) is 16.4. The monoisotopic (exact) mass is 386 g/mol. The van der Waals surface area contributed by atoms with Crippen LogP contribution in [-0.4, -0.2) is 18.8 Å². The average Bonchev–Trinajstić information content (AvgIpc) is 2.87. The molecule has 0 atom stereocenters. The number of allylic oxidation sites excluding steroid dienone is 2. The molecule has 0 saturated heterocycles. The minimum Gasteiger partial charge on any atom is -0.494 e. The number of aryl methyl sites for hydroxylation is 1. The Labute approximate surface area is 165 Å². The van der Waals surface area contributed by atoms with Gasteiger partial charge in [0.15, 0.2) is 11.6 Å². The first-order valence-corrected chi connectivity index (χ1v) is 10.1. The summed E-state index contributed by atoms with van der Waals surface area (Å²) in [5.41, 5.74) is 5.42. The lowest BCUT2D eigenvalue weighted by Crippen LogP contribution is -1.98. The van der Waals surface area contributed by atoms with Crippen LogP contribution in [0, 0.1) is 11.6 Å². The molecule has 0 amide bonds. The highest BCUT2D eigenvalue weighted by molar-refractivity contribution is 5.92. The molecule has 1 aliphatic rings. The summed E-state index contributed by atoms with van der Waals surface area (Å²) in [6, 6.07) is 10.0. The minimum absolute atomic E-state index is 0.220. The van der Waals surface area contributed by atoms with E-state index in [9.17, 15) is 8.78 Å². The van der Waals surface area contributed by atoms with Crippen LogP contribution in [0.2, 0.25) is 0 Å². The zero-order chi connectivity index (χ0) is 19.9. The Hall–Kier alpha value is -2.20. The first kappa shape index (κ1) is 20.5. The third-order valence-electron chi connectivity index (χ3n) is 5.47. The molecule has 3 rings (SSSR count). The summed E-state index contributed by atoms with van der Waals surface area (Å²) in [6.45, 7) is 0.220. The van der Waals surface area contributed by atoms with Gasteiger partial charge in [-0.25, -0.2) is 8.78 Å². The Morgan fingerprint density at radius 2 is 1.71 bits per heavy atom. The fourth-order valence-electron chi connectivity index (χ4n) is 4.03. The van der Waals surface area contributed by atoms with Crippen molar-refractivity contribution < 1.29 is 18.6 Å². The highest BCUT2D eigenvalue weighted by Gasteiger charge is 2.21. The number of unbranched alkanes of at least 4 members (excludes halogenated alkanes) is 3. The van der Waals surface area contributed by atoms with Gasteiger partial charge in [-0.15, -0.1) is 0 Å². The fourth-order valence-corrected chi connectivity index (χ4v) is 4.03. The number of hydrogen-bond acceptors (Lipinski definition) is 2. The quantitative estimate of drug-likeness (QED) is 0.550. The molecular formula is C24H28F2O2. The van der Waals surface area contributed by atoms with E-state index in [1.54, 1.807) is 6.07 Å². The van der Waals surface area contributed by atoms with E-state index in [0.29, 0.717) is 0 Å². The van der Waals surface area contributed by atoms with Gasteiger partial charge in [-0.3, -0.25) is 0 Å². The Kier molecular flexibility index (Phi) is 7.21. The van der Waals surface area contributed by atoms with Gasteiger partial charge >= 0.3 is 0 Å². The number of hydrogen-bond donors (Lipinski definition) is 1. The van der Waals surface area contributed by atoms with E-state index in [4.69, 9.17) is 9.84 Å². The van der Waals surface area contributed by atoms with Gasteiger partial charge in [0.05, 0.1) is 7.11 Å². The van der Waals surface area contributed by atoms with Gasteiger partial charge in [0, 0.05) is 6.61 Å². The predicted molar refractivity (Wildman–Crippen MR) is 109 cm³/mol. The predicted octanol–water partition coefficient (Wildman–Crippen LogP) is 6.16. The molecule has 28 heavy (non-hydrogen) atoms. The Balaban J connectivity index is 2.02. The summed E-state index contributed by atoms with van der Waals surface area (Å²) in [4.78, 5) is 0. The van der Waals surface area contributed by atoms with Crippen molar-refractivity contribution >= 4 is 11.1 Å². The minimum atomic E-state index is -0.348. The average molecular weight is 386 g/mol. The van der Waals surface area contributed by atoms with Crippen molar-refractivity contribution in [1.29, 1.82) is 0 Å². The van der Waals surface area contributed by atoms with E-state index < -0.39 is 0 Å². The van der Waals surface area contributed by atoms with E-state index in [0.717, 1.165) is 73.6 Å². The van der Waals surface area contributed by atoms with Crippen molar-refractivity contribution in [2.75, 3.05) is 13.7 Å². The molecule has 1 aliphatic carbocycles. The molecule has 2 aromatic carbocycles. The molecule has 0 radical (unpaired) electrons. The number of halogens is 2. The van der Waals surface area contributed by atoms with Crippen LogP contribution in [0.3, 0.4) is 0 Å². The maximum atomic E-state index is 14.5. The second-order valence-corrected chi connectivity index (χ2v) is 7.35. The fraction of sp³-hybridized carbons (Fsp3) is 0.417. The summed E-state index contributed by atoms with van der Waals surface area (Å²) in [5, 5.41) is 8.98. The first-order valence-electron chi connectivity index (χ1n) is 10.1. The zero-order valence-electron chi connectivity index (χ0n) is 16.4. The summed E-state index contributed by atoms with van der Waals surface area (Å²) < 4.78 is 33.1. The molecule has 0 spiro atoms. The van der Waals surface area contributed by atoms with Crippen molar-refractivity contribution in [3.05, 3.63) is 64.7 Å². The summed E-state index contributed by atoms with van der Waals surface area (Å²) in [7, 11) is 1.49. The van der Waals surface area contributed by atoms with E-state index in [2.05, 4.69) is 0 Å². The summed E-state index contributed by atoms with van der Waals surface area (Å²) in [5.74, 6) is -0.314. The van der Waals surface area contributed by atoms with Crippen LogP contribution in [0.1, 0.15) is 61.6 Å². The summed E-state index contributed by atoms with van der Waals surface area (Å²) >= 11 is 0. The van der Waals surface area contributed by atoms with Crippen LogP contribution in [-0.2, 0) is 6.42 Å². The van der Waals surface area contributed by atoms with Gasteiger partial charge in [0.2, 0.25) is 0 Å². The van der Waals surface area contributed by atoms with Gasteiger partial charge in [0.1, 0.15) is 5.82 Å². The van der Waals surface area contributed by atoms with Crippen LogP contribution in [0.25, 0.3) is 11.1 Å². The molecule has 0 aliphatic heterocycles. The maximum absolute atomic E-state index is 14.5. The molecule has 0 bridgehead atoms. The number of aliphatic hydroxyl groups is 1. The number of methoxy groups -OCH3 is 1. The Morgan fingerprint density at radius 3 is 2.43 bits per heavy atom. The number of aliphatic hydroxyl groups excluding tert-OH is 1. The second kappa shape index (κ2) is 9.83. The van der Waals surface area contributed by atoms with E-state index >= 15 is 0 Å². The molecule has 0 heterocycles. The molecule has 0 aromatic heterocycles. The van der Waals surface area contributed by atoms with Crippen LogP contribution in [0.4, 0.5) is 8.78 Å². The maximum Gasteiger partial charge on any atom is 0.165 e. The third-order valence-corrected chi connectivity index (χ3v) is 5.47. The van der Waals surface area contributed by atoms with Crippen molar-refractivity contribution in [2.24, 2.45) is 0 Å². The molecule has 0 saturated carbocycles. The van der Waals surface area contributed by atoms with Crippen LogP contribution >= 0.6 is 0 Å². The lowest BCUT2D eigenvalue weighted by Gasteiger charge is -2.17. The highest BCUT2D eigenvalue weighted by atomic mass is 19.1. The van der Waals surface area contributed by atoms with Gasteiger partial charge in [0.25, 0.3) is 0 Å². The van der Waals surface area contributed by atoms with Crippen molar-refractivity contribution in [3.8, 4) is 5.75 Å². The smallest absolute Gasteiger partial charge is 0.165 e. The normalized spacial score (nSPS) is 14.0. The van der Waals surface area contributed by atoms with Gasteiger partial charge in [-0.05, 0) is 90.6 Å². The molecule has 0 unspecified atom stereocenters. The van der Waals surface area contributed by atoms with E-state index in [1.807, 2.05) is 18.2 Å². The van der Waals surface area contributed by atoms with Gasteiger partial charge in [-0.1, -0.05) is 25.0 Å². The largest absolute Gasteiger partial charge is 0.494 e. The standard InChI is InChI=1S/C24H28F2O2/c1-28-24-15-18-7-6-9-20(17-10-12-19(25)13-11-17)21(22(18)16-23(24)26)8-4-2-3-5-14-27/h10-13,15-16,27H,2-9,14H2,1H3. The SMILES string of the molecule is COc1cc2c(cc1F)C(CCCCCCO)=C(c1ccc(F)cc1)CCC2. The Bertz CT molecular complexity index is 825. The first-order chi connectivity index (χ1) is 13.6. The molecule has 2 aromatic rings. The molecular weight excluding hydrogens is 358 g/mol. The highest BCUT2D eigenvalue weighted by Crippen LogP contribution is 2.40. The molecule has 150 valence electrons. The molecule has 4 heteroatoms. The lowest BCUT2D eigenvalue weighted by molar-refractivity contribution is 0.282. The van der Waals surface area contributed by atoms with Crippen LogP contribution < -0.4 is 4.74 Å². The van der Waals surface area contributed by atoms with Crippen molar-refractivity contribution in [1.82, 2.24) is 0 Å². The second-order valence-electron chi connectivity index (χ2n) is 7.35. The van der Waals surface area contributed by atoms with Crippen molar-refractivity contribution in [2.45, 2.75) is 51.4 Å². The topological polar surface area (TPSA) is 29.5 Å². The third kappa shape index (κ3) is 4.79. The Morgan fingerprint density at radius 1 is 0.964 bits per heavy atom. The van der Waals surface area contributed by atoms with Gasteiger partial charge < -0.3 is 9.84 Å². The van der Waals surface area contributed by atoms with E-state index in [-0.39, 0.29) is 24.0 Å². The molecule has 1 N–H and O–H groups in total. The molecule has 2 nitrogen and oxygen atoms in total. The number of ether oxygens (including phenoxy) is 1. The molecule has 0 fully saturated rings. The van der Waals surface area contributed by atoms with Crippen LogP contribution in [0.5, 0.6) is 5.75 Å². The van der Waals surface area contributed by atoms with E-state index in [1.165, 1.54) is 24.8 Å². The number of fused-ring (bicyclic) bond motifs is 1. The number of benzene rings is 2.